The summed E-state index contributed by atoms with van der Waals surface area (Å²) in [6.07, 6.45) is -0.287. The van der Waals surface area contributed by atoms with E-state index in [0.29, 0.717) is 10.0 Å². The molecule has 20 heavy (non-hydrogen) atoms. The van der Waals surface area contributed by atoms with E-state index in [0.717, 1.165) is 16.8 Å². The molecule has 0 aliphatic carbocycles. The fourth-order valence-electron chi connectivity index (χ4n) is 2.52. The van der Waals surface area contributed by atoms with Gasteiger partial charge in [0.2, 0.25) is 0 Å². The van der Waals surface area contributed by atoms with E-state index in [2.05, 4.69) is 31.3 Å². The van der Waals surface area contributed by atoms with Crippen LogP contribution >= 0.6 is 23.2 Å². The van der Waals surface area contributed by atoms with Crippen LogP contribution in [0.2, 0.25) is 10.0 Å². The SMILES string of the molecule is CC1(C)OC(c2ccc(Cl)cc2Cl)Nc2ccccc21. The van der Waals surface area contributed by atoms with Crippen LogP contribution in [0.4, 0.5) is 5.69 Å². The molecule has 1 heterocycles. The molecule has 1 unspecified atom stereocenters. The number of ether oxygens (including phenoxy) is 1. The van der Waals surface area contributed by atoms with E-state index < -0.39 is 0 Å². The minimum Gasteiger partial charge on any atom is -0.356 e. The molecule has 0 bridgehead atoms. The normalized spacial score (nSPS) is 20.1. The molecular weight excluding hydrogens is 293 g/mol. The maximum absolute atomic E-state index is 6.28. The van der Waals surface area contributed by atoms with Crippen molar-refractivity contribution >= 4 is 28.9 Å². The third kappa shape index (κ3) is 2.39. The number of hydrogen-bond acceptors (Lipinski definition) is 2. The van der Waals surface area contributed by atoms with Crippen molar-refractivity contribution in [3.63, 3.8) is 0 Å². The van der Waals surface area contributed by atoms with Gasteiger partial charge in [0.25, 0.3) is 0 Å². The van der Waals surface area contributed by atoms with Gasteiger partial charge in [-0.2, -0.15) is 0 Å². The summed E-state index contributed by atoms with van der Waals surface area (Å²) in [4.78, 5) is 0. The molecule has 104 valence electrons. The van der Waals surface area contributed by atoms with Crippen LogP contribution in [0.25, 0.3) is 0 Å². The molecule has 2 nitrogen and oxygen atoms in total. The number of fused-ring (bicyclic) bond motifs is 1. The minimum absolute atomic E-state index is 0.287. The van der Waals surface area contributed by atoms with Crippen molar-refractivity contribution in [3.8, 4) is 0 Å². The molecule has 1 atom stereocenters. The number of rotatable bonds is 1. The molecule has 0 fully saturated rings. The highest BCUT2D eigenvalue weighted by atomic mass is 35.5. The minimum atomic E-state index is -0.379. The molecule has 1 N–H and O–H groups in total. The van der Waals surface area contributed by atoms with Crippen molar-refractivity contribution in [2.45, 2.75) is 25.7 Å². The van der Waals surface area contributed by atoms with Gasteiger partial charge in [0, 0.05) is 26.9 Å². The first-order valence-corrected chi connectivity index (χ1v) is 7.22. The number of benzene rings is 2. The van der Waals surface area contributed by atoms with Crippen LogP contribution in [0.1, 0.15) is 31.2 Å². The first-order valence-electron chi connectivity index (χ1n) is 6.46. The van der Waals surface area contributed by atoms with Gasteiger partial charge in [0.1, 0.15) is 0 Å². The Kier molecular flexibility index (Phi) is 3.41. The van der Waals surface area contributed by atoms with Crippen LogP contribution in [0, 0.1) is 0 Å². The second-order valence-electron chi connectivity index (χ2n) is 5.36. The van der Waals surface area contributed by atoms with E-state index in [1.165, 1.54) is 0 Å². The fraction of sp³-hybridized carbons (Fsp3) is 0.250. The van der Waals surface area contributed by atoms with Crippen molar-refractivity contribution in [3.05, 3.63) is 63.6 Å². The number of halogens is 2. The molecule has 0 saturated carbocycles. The number of nitrogens with one attached hydrogen (secondary N) is 1. The average molecular weight is 308 g/mol. The van der Waals surface area contributed by atoms with E-state index in [-0.39, 0.29) is 11.8 Å². The molecule has 0 amide bonds. The zero-order valence-corrected chi connectivity index (χ0v) is 12.8. The molecule has 3 rings (SSSR count). The van der Waals surface area contributed by atoms with Crippen molar-refractivity contribution in [1.82, 2.24) is 0 Å². The molecule has 4 heteroatoms. The molecule has 2 aromatic rings. The highest BCUT2D eigenvalue weighted by molar-refractivity contribution is 6.35. The lowest BCUT2D eigenvalue weighted by Crippen LogP contribution is -2.34. The molecule has 1 aliphatic heterocycles. The lowest BCUT2D eigenvalue weighted by Gasteiger charge is -2.39. The third-order valence-electron chi connectivity index (χ3n) is 3.52. The Balaban J connectivity index is 2.02. The molecule has 1 aliphatic rings. The number of anilines is 1. The smallest absolute Gasteiger partial charge is 0.156 e. The van der Waals surface area contributed by atoms with Crippen molar-refractivity contribution in [1.29, 1.82) is 0 Å². The van der Waals surface area contributed by atoms with Gasteiger partial charge in [-0.25, -0.2) is 0 Å². The van der Waals surface area contributed by atoms with E-state index in [4.69, 9.17) is 27.9 Å². The summed E-state index contributed by atoms with van der Waals surface area (Å²) in [6, 6.07) is 13.6. The van der Waals surface area contributed by atoms with E-state index >= 15 is 0 Å². The summed E-state index contributed by atoms with van der Waals surface area (Å²) < 4.78 is 6.17. The van der Waals surface area contributed by atoms with Crippen LogP contribution in [-0.2, 0) is 10.3 Å². The Bertz CT molecular complexity index is 655. The second kappa shape index (κ2) is 4.96. The lowest BCUT2D eigenvalue weighted by atomic mass is 9.93. The summed E-state index contributed by atoms with van der Waals surface area (Å²) in [6.45, 7) is 4.12. The van der Waals surface area contributed by atoms with E-state index in [1.54, 1.807) is 6.07 Å². The number of hydrogen-bond donors (Lipinski definition) is 1. The second-order valence-corrected chi connectivity index (χ2v) is 6.21. The lowest BCUT2D eigenvalue weighted by molar-refractivity contribution is -0.0733. The predicted octanol–water partition coefficient (Wildman–Crippen LogP) is 5.37. The van der Waals surface area contributed by atoms with E-state index in [9.17, 15) is 0 Å². The topological polar surface area (TPSA) is 21.3 Å². The Labute approximate surface area is 128 Å². The third-order valence-corrected chi connectivity index (χ3v) is 4.08. The summed E-state index contributed by atoms with van der Waals surface area (Å²) in [5, 5.41) is 4.60. The highest BCUT2D eigenvalue weighted by Gasteiger charge is 2.34. The highest BCUT2D eigenvalue weighted by Crippen LogP contribution is 2.42. The first kappa shape index (κ1) is 13.7. The zero-order chi connectivity index (χ0) is 14.3. The quantitative estimate of drug-likeness (QED) is 0.764. The van der Waals surface area contributed by atoms with Crippen LogP contribution in [0.15, 0.2) is 42.5 Å². The van der Waals surface area contributed by atoms with Crippen molar-refractivity contribution < 1.29 is 4.74 Å². The standard InChI is InChI=1S/C16H15Cl2NO/c1-16(2)12-5-3-4-6-14(12)19-15(20-16)11-8-7-10(17)9-13(11)18/h3-9,15,19H,1-2H3. The van der Waals surface area contributed by atoms with Crippen molar-refractivity contribution in [2.24, 2.45) is 0 Å². The average Bonchev–Trinajstić information content (AvgIpc) is 2.38. The number of para-hydroxylation sites is 1. The Morgan fingerprint density at radius 2 is 1.85 bits per heavy atom. The van der Waals surface area contributed by atoms with Gasteiger partial charge in [-0.3, -0.25) is 0 Å². The molecule has 0 aromatic heterocycles. The first-order chi connectivity index (χ1) is 9.47. The Hall–Kier alpha value is -1.22. The monoisotopic (exact) mass is 307 g/mol. The van der Waals surface area contributed by atoms with Gasteiger partial charge in [-0.1, -0.05) is 47.5 Å². The van der Waals surface area contributed by atoms with E-state index in [1.807, 2.05) is 24.3 Å². The van der Waals surface area contributed by atoms with Gasteiger partial charge >= 0.3 is 0 Å². The van der Waals surface area contributed by atoms with Gasteiger partial charge in [-0.15, -0.1) is 0 Å². The molecule has 0 radical (unpaired) electrons. The largest absolute Gasteiger partial charge is 0.356 e. The van der Waals surface area contributed by atoms with Crippen LogP contribution in [-0.4, -0.2) is 0 Å². The van der Waals surface area contributed by atoms with Crippen LogP contribution < -0.4 is 5.32 Å². The maximum atomic E-state index is 6.28. The summed E-state index contributed by atoms with van der Waals surface area (Å²) in [5.41, 5.74) is 2.72. The van der Waals surface area contributed by atoms with Crippen LogP contribution in [0.5, 0.6) is 0 Å². The summed E-state index contributed by atoms with van der Waals surface area (Å²) in [5.74, 6) is 0. The molecule has 2 aromatic carbocycles. The molecule has 0 spiro atoms. The molecular formula is C16H15Cl2NO. The fourth-order valence-corrected chi connectivity index (χ4v) is 3.03. The zero-order valence-electron chi connectivity index (χ0n) is 11.3. The summed E-state index contributed by atoms with van der Waals surface area (Å²) >= 11 is 12.2. The van der Waals surface area contributed by atoms with Crippen LogP contribution in [0.3, 0.4) is 0 Å². The van der Waals surface area contributed by atoms with Gasteiger partial charge in [0.15, 0.2) is 6.23 Å². The Morgan fingerprint density at radius 1 is 1.10 bits per heavy atom. The van der Waals surface area contributed by atoms with Crippen molar-refractivity contribution in [2.75, 3.05) is 5.32 Å². The van der Waals surface area contributed by atoms with Gasteiger partial charge < -0.3 is 10.1 Å². The summed E-state index contributed by atoms with van der Waals surface area (Å²) in [7, 11) is 0. The predicted molar refractivity (Wildman–Crippen MR) is 83.4 cm³/mol. The van der Waals surface area contributed by atoms with Gasteiger partial charge in [0.05, 0.1) is 5.60 Å². The maximum Gasteiger partial charge on any atom is 0.156 e. The molecule has 0 saturated heterocycles. The van der Waals surface area contributed by atoms with Gasteiger partial charge in [-0.05, 0) is 32.0 Å². The Morgan fingerprint density at radius 3 is 2.60 bits per heavy atom.